The predicted molar refractivity (Wildman–Crippen MR) is 99.0 cm³/mol. The summed E-state index contributed by atoms with van der Waals surface area (Å²) in [4.78, 5) is 22.6. The minimum absolute atomic E-state index is 0.0282. The number of amides is 1. The van der Waals surface area contributed by atoms with Gasteiger partial charge in [-0.15, -0.1) is 0 Å². The van der Waals surface area contributed by atoms with Crippen molar-refractivity contribution in [1.82, 2.24) is 14.9 Å². The Hall–Kier alpha value is -1.82. The first-order valence-electron chi connectivity index (χ1n) is 8.64. The van der Waals surface area contributed by atoms with E-state index in [4.69, 9.17) is 9.72 Å². The monoisotopic (exact) mass is 403 g/mol. The second-order valence-corrected chi connectivity index (χ2v) is 8.80. The molecule has 1 aliphatic carbocycles. The van der Waals surface area contributed by atoms with E-state index in [9.17, 15) is 4.79 Å². The van der Waals surface area contributed by atoms with Gasteiger partial charge in [0.25, 0.3) is 0 Å². The number of ether oxygens (including phenoxy) is 1. The second-order valence-electron chi connectivity index (χ2n) is 7.88. The number of carbonyl (C=O) groups excluding carboxylic acids is 1. The van der Waals surface area contributed by atoms with Gasteiger partial charge in [0.15, 0.2) is 0 Å². The molecular formula is C19H22BrN3O2. The molecule has 6 heteroatoms. The Morgan fingerprint density at radius 2 is 2.16 bits per heavy atom. The number of aromatic amines is 1. The average molecular weight is 404 g/mol. The van der Waals surface area contributed by atoms with E-state index in [0.29, 0.717) is 12.0 Å². The van der Waals surface area contributed by atoms with E-state index in [0.717, 1.165) is 34.4 Å². The number of hydrogen-bond donors (Lipinski definition) is 1. The number of fused-ring (bicyclic) bond motifs is 1. The molecule has 5 nitrogen and oxygen atoms in total. The third kappa shape index (κ3) is 3.32. The fourth-order valence-electron chi connectivity index (χ4n) is 3.58. The van der Waals surface area contributed by atoms with Gasteiger partial charge in [0.1, 0.15) is 11.4 Å². The van der Waals surface area contributed by atoms with Gasteiger partial charge in [-0.25, -0.2) is 9.78 Å². The van der Waals surface area contributed by atoms with Crippen molar-refractivity contribution in [2.45, 2.75) is 51.3 Å². The number of imidazole rings is 1. The maximum absolute atomic E-state index is 12.7. The van der Waals surface area contributed by atoms with Gasteiger partial charge in [-0.2, -0.15) is 0 Å². The third-order valence-corrected chi connectivity index (χ3v) is 5.24. The van der Waals surface area contributed by atoms with Crippen LogP contribution in [0.1, 0.15) is 45.5 Å². The van der Waals surface area contributed by atoms with Crippen LogP contribution in [-0.4, -0.2) is 32.6 Å². The van der Waals surface area contributed by atoms with E-state index in [1.165, 1.54) is 0 Å². The van der Waals surface area contributed by atoms with Crippen LogP contribution in [0.3, 0.4) is 0 Å². The first-order chi connectivity index (χ1) is 11.8. The van der Waals surface area contributed by atoms with E-state index < -0.39 is 5.60 Å². The average Bonchev–Trinajstić information content (AvgIpc) is 2.97. The summed E-state index contributed by atoms with van der Waals surface area (Å²) < 4.78 is 6.64. The standard InChI is InChI=1S/C19H22BrN3O2/c1-19(2,3)25-18(24)23-15-8-12(15)9-16(23)17-21-10-14(22-17)11-5-4-6-13(20)7-11/h4-7,10,12,15-16H,8-9H2,1-3H3,(H,21,22). The molecule has 25 heavy (non-hydrogen) atoms. The number of aromatic nitrogens is 2. The van der Waals surface area contributed by atoms with Crippen molar-refractivity contribution < 1.29 is 9.53 Å². The quantitative estimate of drug-likeness (QED) is 0.774. The zero-order valence-electron chi connectivity index (χ0n) is 14.6. The van der Waals surface area contributed by atoms with Crippen molar-refractivity contribution in [3.63, 3.8) is 0 Å². The van der Waals surface area contributed by atoms with Crippen LogP contribution in [-0.2, 0) is 4.74 Å². The van der Waals surface area contributed by atoms with Crippen LogP contribution in [0.15, 0.2) is 34.9 Å². The molecule has 1 saturated heterocycles. The molecule has 1 saturated carbocycles. The summed E-state index contributed by atoms with van der Waals surface area (Å²) in [7, 11) is 0. The van der Waals surface area contributed by atoms with Gasteiger partial charge in [-0.05, 0) is 51.7 Å². The lowest BCUT2D eigenvalue weighted by Gasteiger charge is -2.29. The third-order valence-electron chi connectivity index (χ3n) is 4.74. The first-order valence-corrected chi connectivity index (χ1v) is 9.44. The number of halogens is 1. The molecule has 0 bridgehead atoms. The lowest BCUT2D eigenvalue weighted by atomic mass is 10.1. The molecule has 2 aromatic rings. The molecule has 1 amide bonds. The summed E-state index contributed by atoms with van der Waals surface area (Å²) in [6.07, 6.45) is 3.71. The Morgan fingerprint density at radius 3 is 2.88 bits per heavy atom. The Labute approximate surface area is 155 Å². The minimum Gasteiger partial charge on any atom is -0.444 e. The van der Waals surface area contributed by atoms with Crippen LogP contribution in [0.5, 0.6) is 0 Å². The second kappa shape index (κ2) is 5.87. The molecular weight excluding hydrogens is 382 g/mol. The number of piperidine rings is 1. The molecule has 1 aliphatic heterocycles. The molecule has 4 rings (SSSR count). The van der Waals surface area contributed by atoms with Crippen LogP contribution in [0.25, 0.3) is 11.3 Å². The number of hydrogen-bond acceptors (Lipinski definition) is 3. The Kier molecular flexibility index (Phi) is 3.90. The van der Waals surface area contributed by atoms with Crippen molar-refractivity contribution >= 4 is 22.0 Å². The zero-order chi connectivity index (χ0) is 17.8. The SMILES string of the molecule is CC(C)(C)OC(=O)N1C(c2nc(-c3cccc(Br)c3)c[nH]2)CC2CC21. The summed E-state index contributed by atoms with van der Waals surface area (Å²) in [6, 6.07) is 8.33. The van der Waals surface area contributed by atoms with E-state index >= 15 is 0 Å². The molecule has 132 valence electrons. The largest absolute Gasteiger partial charge is 0.444 e. The maximum Gasteiger partial charge on any atom is 0.411 e. The summed E-state index contributed by atoms with van der Waals surface area (Å²) in [6.45, 7) is 5.70. The van der Waals surface area contributed by atoms with E-state index in [1.807, 2.05) is 56.1 Å². The normalized spacial score (nSPS) is 25.0. The smallest absolute Gasteiger partial charge is 0.411 e. The predicted octanol–water partition coefficient (Wildman–Crippen LogP) is 4.91. The maximum atomic E-state index is 12.7. The van der Waals surface area contributed by atoms with Gasteiger partial charge in [0.05, 0.1) is 11.7 Å². The molecule has 0 radical (unpaired) electrons. The van der Waals surface area contributed by atoms with Crippen molar-refractivity contribution in [3.05, 3.63) is 40.8 Å². The molecule has 1 aromatic carbocycles. The number of nitrogens with zero attached hydrogens (tertiary/aromatic N) is 2. The lowest BCUT2D eigenvalue weighted by molar-refractivity contribution is 0.0175. The Bertz CT molecular complexity index is 811. The highest BCUT2D eigenvalue weighted by Gasteiger charge is 2.56. The van der Waals surface area contributed by atoms with Crippen molar-refractivity contribution in [2.75, 3.05) is 0 Å². The van der Waals surface area contributed by atoms with Crippen LogP contribution in [0, 0.1) is 5.92 Å². The highest BCUT2D eigenvalue weighted by molar-refractivity contribution is 9.10. The molecule has 1 N–H and O–H groups in total. The Morgan fingerprint density at radius 1 is 1.36 bits per heavy atom. The number of nitrogens with one attached hydrogen (secondary N) is 1. The van der Waals surface area contributed by atoms with E-state index in [2.05, 4.69) is 20.9 Å². The van der Waals surface area contributed by atoms with Gasteiger partial charge < -0.3 is 9.72 Å². The molecule has 0 spiro atoms. The van der Waals surface area contributed by atoms with Crippen molar-refractivity contribution in [2.24, 2.45) is 5.92 Å². The zero-order valence-corrected chi connectivity index (χ0v) is 16.2. The molecule has 3 unspecified atom stereocenters. The van der Waals surface area contributed by atoms with Gasteiger partial charge in [0, 0.05) is 22.3 Å². The fraction of sp³-hybridized carbons (Fsp3) is 0.474. The van der Waals surface area contributed by atoms with Crippen LogP contribution < -0.4 is 0 Å². The summed E-state index contributed by atoms with van der Waals surface area (Å²) in [5.41, 5.74) is 1.45. The number of likely N-dealkylation sites (tertiary alicyclic amines) is 1. The van der Waals surface area contributed by atoms with Gasteiger partial charge >= 0.3 is 6.09 Å². The molecule has 2 fully saturated rings. The number of rotatable bonds is 2. The molecule has 2 heterocycles. The van der Waals surface area contributed by atoms with Crippen LogP contribution in [0.2, 0.25) is 0 Å². The number of H-pyrrole nitrogens is 1. The van der Waals surface area contributed by atoms with E-state index in [1.54, 1.807) is 0 Å². The topological polar surface area (TPSA) is 58.2 Å². The minimum atomic E-state index is -0.487. The summed E-state index contributed by atoms with van der Waals surface area (Å²) >= 11 is 3.50. The van der Waals surface area contributed by atoms with Crippen LogP contribution in [0.4, 0.5) is 4.79 Å². The van der Waals surface area contributed by atoms with Crippen LogP contribution >= 0.6 is 15.9 Å². The van der Waals surface area contributed by atoms with Gasteiger partial charge in [0.2, 0.25) is 0 Å². The Balaban J connectivity index is 1.58. The van der Waals surface area contributed by atoms with E-state index in [-0.39, 0.29) is 12.1 Å². The van der Waals surface area contributed by atoms with Gasteiger partial charge in [-0.3, -0.25) is 4.90 Å². The fourth-order valence-corrected chi connectivity index (χ4v) is 3.98. The summed E-state index contributed by atoms with van der Waals surface area (Å²) in [5.74, 6) is 1.42. The number of benzene rings is 1. The molecule has 2 aliphatic rings. The van der Waals surface area contributed by atoms with Crippen molar-refractivity contribution in [3.8, 4) is 11.3 Å². The molecule has 1 aromatic heterocycles. The molecule has 3 atom stereocenters. The number of carbonyl (C=O) groups is 1. The summed E-state index contributed by atoms with van der Waals surface area (Å²) in [5, 5.41) is 0. The lowest BCUT2D eigenvalue weighted by Crippen LogP contribution is -2.38. The van der Waals surface area contributed by atoms with Gasteiger partial charge in [-0.1, -0.05) is 28.1 Å². The highest BCUT2D eigenvalue weighted by atomic mass is 79.9. The first kappa shape index (κ1) is 16.6. The van der Waals surface area contributed by atoms with Crippen molar-refractivity contribution in [1.29, 1.82) is 0 Å². The highest BCUT2D eigenvalue weighted by Crippen LogP contribution is 2.53.